The van der Waals surface area contributed by atoms with E-state index in [0.29, 0.717) is 6.10 Å². The lowest BCUT2D eigenvalue weighted by Gasteiger charge is -2.34. The third-order valence-corrected chi connectivity index (χ3v) is 6.12. The van der Waals surface area contributed by atoms with Crippen molar-refractivity contribution in [2.75, 3.05) is 52.9 Å². The molecule has 1 aliphatic heterocycles. The van der Waals surface area contributed by atoms with E-state index in [9.17, 15) is 0 Å². The Morgan fingerprint density at radius 2 is 1.83 bits per heavy atom. The second-order valence-electron chi connectivity index (χ2n) is 8.26. The Kier molecular flexibility index (Phi) is 8.62. The fraction of sp³-hybridized carbons (Fsp3) is 0.696. The van der Waals surface area contributed by atoms with E-state index < -0.39 is 0 Å². The van der Waals surface area contributed by atoms with Crippen molar-refractivity contribution in [2.24, 2.45) is 4.99 Å². The van der Waals surface area contributed by atoms with Crippen molar-refractivity contribution in [3.8, 4) is 5.75 Å². The third kappa shape index (κ3) is 6.89. The predicted molar refractivity (Wildman–Crippen MR) is 121 cm³/mol. The summed E-state index contributed by atoms with van der Waals surface area (Å²) in [7, 11) is 1.83. The van der Waals surface area contributed by atoms with E-state index in [0.717, 1.165) is 51.0 Å². The van der Waals surface area contributed by atoms with Gasteiger partial charge in [-0.1, -0.05) is 19.1 Å². The number of nitrogens with zero attached hydrogens (tertiary/aromatic N) is 3. The van der Waals surface area contributed by atoms with Crippen LogP contribution < -0.4 is 15.4 Å². The van der Waals surface area contributed by atoms with E-state index in [1.165, 1.54) is 49.9 Å². The molecule has 2 N–H and O–H groups in total. The molecule has 1 heterocycles. The molecule has 1 aliphatic carbocycles. The normalized spacial score (nSPS) is 19.5. The van der Waals surface area contributed by atoms with Gasteiger partial charge in [0.2, 0.25) is 0 Å². The minimum Gasteiger partial charge on any atom is -0.490 e. The van der Waals surface area contributed by atoms with Crippen molar-refractivity contribution >= 4 is 5.96 Å². The van der Waals surface area contributed by atoms with Crippen LogP contribution in [0.15, 0.2) is 23.2 Å². The number of guanidine groups is 1. The third-order valence-electron chi connectivity index (χ3n) is 6.12. The van der Waals surface area contributed by atoms with Crippen LogP contribution in [-0.2, 0) is 6.54 Å². The van der Waals surface area contributed by atoms with Gasteiger partial charge in [0.15, 0.2) is 5.96 Å². The lowest BCUT2D eigenvalue weighted by atomic mass is 10.1. The van der Waals surface area contributed by atoms with Gasteiger partial charge in [-0.15, -0.1) is 0 Å². The second kappa shape index (κ2) is 11.4. The zero-order valence-corrected chi connectivity index (χ0v) is 18.5. The molecule has 29 heavy (non-hydrogen) atoms. The molecular weight excluding hydrogens is 362 g/mol. The van der Waals surface area contributed by atoms with Crippen LogP contribution in [0, 0.1) is 6.92 Å². The van der Waals surface area contributed by atoms with Crippen LogP contribution in [0.1, 0.15) is 43.7 Å². The highest BCUT2D eigenvalue weighted by Crippen LogP contribution is 2.27. The molecule has 6 nitrogen and oxygen atoms in total. The molecule has 0 unspecified atom stereocenters. The number of benzene rings is 1. The van der Waals surface area contributed by atoms with E-state index in [4.69, 9.17) is 4.74 Å². The number of piperazine rings is 1. The van der Waals surface area contributed by atoms with E-state index in [-0.39, 0.29) is 0 Å². The van der Waals surface area contributed by atoms with Crippen LogP contribution in [-0.4, -0.2) is 74.7 Å². The Bertz CT molecular complexity index is 649. The van der Waals surface area contributed by atoms with Crippen LogP contribution in [0.5, 0.6) is 5.75 Å². The van der Waals surface area contributed by atoms with Crippen molar-refractivity contribution in [2.45, 2.75) is 52.2 Å². The molecule has 0 spiro atoms. The number of ether oxygens (including phenoxy) is 1. The molecule has 0 bridgehead atoms. The lowest BCUT2D eigenvalue weighted by molar-refractivity contribution is 0.139. The van der Waals surface area contributed by atoms with Crippen LogP contribution in [0.2, 0.25) is 0 Å². The summed E-state index contributed by atoms with van der Waals surface area (Å²) in [6.07, 6.45) is 5.30. The van der Waals surface area contributed by atoms with Gasteiger partial charge in [-0.2, -0.15) is 0 Å². The van der Waals surface area contributed by atoms with Gasteiger partial charge in [-0.3, -0.25) is 9.89 Å². The Morgan fingerprint density at radius 1 is 1.10 bits per heavy atom. The number of likely N-dealkylation sites (N-methyl/N-ethyl adjacent to an activating group) is 1. The van der Waals surface area contributed by atoms with Crippen LogP contribution in [0.25, 0.3) is 0 Å². The summed E-state index contributed by atoms with van der Waals surface area (Å²) in [6, 6.07) is 6.50. The van der Waals surface area contributed by atoms with Crippen molar-refractivity contribution in [3.05, 3.63) is 29.3 Å². The van der Waals surface area contributed by atoms with Gasteiger partial charge in [0, 0.05) is 58.4 Å². The van der Waals surface area contributed by atoms with E-state index >= 15 is 0 Å². The highest BCUT2D eigenvalue weighted by Gasteiger charge is 2.18. The van der Waals surface area contributed by atoms with E-state index in [1.54, 1.807) is 0 Å². The Morgan fingerprint density at radius 3 is 2.52 bits per heavy atom. The average Bonchev–Trinajstić information content (AvgIpc) is 3.25. The first-order chi connectivity index (χ1) is 14.2. The van der Waals surface area contributed by atoms with Crippen molar-refractivity contribution in [1.29, 1.82) is 0 Å². The van der Waals surface area contributed by atoms with Gasteiger partial charge < -0.3 is 20.3 Å². The number of aryl methyl sites for hydroxylation is 1. The largest absolute Gasteiger partial charge is 0.490 e. The van der Waals surface area contributed by atoms with Gasteiger partial charge in [0.1, 0.15) is 5.75 Å². The molecule has 0 aromatic heterocycles. The maximum absolute atomic E-state index is 6.32. The van der Waals surface area contributed by atoms with Gasteiger partial charge in [0.25, 0.3) is 0 Å². The molecule has 162 valence electrons. The first-order valence-electron chi connectivity index (χ1n) is 11.3. The quantitative estimate of drug-likeness (QED) is 0.518. The molecule has 1 saturated carbocycles. The standard InChI is InChI=1S/C23H39N5O/c1-4-27-13-15-28(16-14-27)12-11-25-23(24-3)26-18-20-10-9-19(2)17-22(20)29-21-7-5-6-8-21/h9-10,17,21H,4-8,11-16,18H2,1-3H3,(H2,24,25,26). The summed E-state index contributed by atoms with van der Waals surface area (Å²) >= 11 is 0. The summed E-state index contributed by atoms with van der Waals surface area (Å²) in [6.45, 7) is 12.9. The summed E-state index contributed by atoms with van der Waals surface area (Å²) in [5, 5.41) is 6.92. The first-order valence-corrected chi connectivity index (χ1v) is 11.3. The zero-order valence-electron chi connectivity index (χ0n) is 18.5. The molecular formula is C23H39N5O. The van der Waals surface area contributed by atoms with Gasteiger partial charge >= 0.3 is 0 Å². The van der Waals surface area contributed by atoms with Gasteiger partial charge in [-0.05, 0) is 50.8 Å². The monoisotopic (exact) mass is 401 g/mol. The molecule has 0 atom stereocenters. The van der Waals surface area contributed by atoms with Crippen molar-refractivity contribution in [1.82, 2.24) is 20.4 Å². The molecule has 2 fully saturated rings. The Labute approximate surface area is 176 Å². The Balaban J connectivity index is 1.44. The number of nitrogens with one attached hydrogen (secondary N) is 2. The zero-order chi connectivity index (χ0) is 20.5. The van der Waals surface area contributed by atoms with E-state index in [2.05, 4.69) is 57.5 Å². The molecule has 2 aliphatic rings. The van der Waals surface area contributed by atoms with Crippen molar-refractivity contribution in [3.63, 3.8) is 0 Å². The SMILES string of the molecule is CCN1CCN(CCNC(=NC)NCc2ccc(C)cc2OC2CCCC2)CC1. The molecule has 6 heteroatoms. The summed E-state index contributed by atoms with van der Waals surface area (Å²) in [4.78, 5) is 9.43. The second-order valence-corrected chi connectivity index (χ2v) is 8.26. The number of hydrogen-bond donors (Lipinski definition) is 2. The number of aliphatic imine (C=N–C) groups is 1. The smallest absolute Gasteiger partial charge is 0.191 e. The average molecular weight is 402 g/mol. The number of rotatable bonds is 8. The molecule has 0 amide bonds. The molecule has 1 saturated heterocycles. The molecule has 1 aromatic carbocycles. The van der Waals surface area contributed by atoms with Gasteiger partial charge in [-0.25, -0.2) is 0 Å². The maximum Gasteiger partial charge on any atom is 0.191 e. The topological polar surface area (TPSA) is 52.1 Å². The summed E-state index contributed by atoms with van der Waals surface area (Å²) < 4.78 is 6.32. The Hall–Kier alpha value is -1.79. The van der Waals surface area contributed by atoms with Crippen LogP contribution >= 0.6 is 0 Å². The van der Waals surface area contributed by atoms with E-state index in [1.807, 2.05) is 7.05 Å². The minimum absolute atomic E-state index is 0.376. The van der Waals surface area contributed by atoms with Crippen molar-refractivity contribution < 1.29 is 4.74 Å². The fourth-order valence-electron chi connectivity index (χ4n) is 4.16. The molecule has 1 aromatic rings. The fourth-order valence-corrected chi connectivity index (χ4v) is 4.16. The molecule has 0 radical (unpaired) electrons. The molecule has 3 rings (SSSR count). The highest BCUT2D eigenvalue weighted by atomic mass is 16.5. The predicted octanol–water partition coefficient (Wildman–Crippen LogP) is 2.62. The lowest BCUT2D eigenvalue weighted by Crippen LogP contribution is -2.49. The summed E-state index contributed by atoms with van der Waals surface area (Å²) in [5.41, 5.74) is 2.44. The van der Waals surface area contributed by atoms with Crippen LogP contribution in [0.3, 0.4) is 0 Å². The maximum atomic E-state index is 6.32. The highest BCUT2D eigenvalue weighted by molar-refractivity contribution is 5.79. The number of hydrogen-bond acceptors (Lipinski definition) is 4. The first kappa shape index (κ1) is 21.9. The minimum atomic E-state index is 0.376. The summed E-state index contributed by atoms with van der Waals surface area (Å²) in [5.74, 6) is 1.87. The van der Waals surface area contributed by atoms with Crippen LogP contribution in [0.4, 0.5) is 0 Å². The van der Waals surface area contributed by atoms with Gasteiger partial charge in [0.05, 0.1) is 6.10 Å².